The number of nitrogens with zero attached hydrogens (tertiary/aromatic N) is 1. The molecule has 0 spiro atoms. The molecule has 1 heterocycles. The first-order chi connectivity index (χ1) is 6.18. The van der Waals surface area contributed by atoms with Gasteiger partial charge in [-0.15, -0.1) is 0 Å². The van der Waals surface area contributed by atoms with E-state index in [-0.39, 0.29) is 0 Å². The third kappa shape index (κ3) is 1.38. The fraction of sp³-hybridized carbons (Fsp3) is 0. The molecule has 2 rings (SSSR count). The van der Waals surface area contributed by atoms with Crippen LogP contribution in [0.3, 0.4) is 0 Å². The highest BCUT2D eigenvalue weighted by Crippen LogP contribution is 2.25. The Bertz CT molecular complexity index is 480. The number of halogens is 1. The molecule has 0 fully saturated rings. The molecular formula is C8H5ClN2OS. The van der Waals surface area contributed by atoms with Gasteiger partial charge in [-0.2, -0.15) is 4.37 Å². The van der Waals surface area contributed by atoms with Crippen LogP contribution in [0, 0.1) is 0 Å². The van der Waals surface area contributed by atoms with Gasteiger partial charge in [-0.05, 0) is 29.7 Å². The van der Waals surface area contributed by atoms with Gasteiger partial charge in [0.25, 0.3) is 5.91 Å². The molecule has 0 bridgehead atoms. The van der Waals surface area contributed by atoms with Crippen LogP contribution in [0.4, 0.5) is 0 Å². The van der Waals surface area contributed by atoms with E-state index in [9.17, 15) is 4.79 Å². The zero-order chi connectivity index (χ0) is 9.42. The molecular weight excluding hydrogens is 208 g/mol. The lowest BCUT2D eigenvalue weighted by atomic mass is 10.2. The van der Waals surface area contributed by atoms with Crippen molar-refractivity contribution in [3.05, 3.63) is 28.9 Å². The smallest absolute Gasteiger partial charge is 0.269 e. The number of carbonyl (C=O) groups is 1. The Kier molecular flexibility index (Phi) is 1.94. The minimum absolute atomic E-state index is 0.316. The van der Waals surface area contributed by atoms with Gasteiger partial charge in [-0.1, -0.05) is 11.6 Å². The molecule has 1 aromatic heterocycles. The van der Waals surface area contributed by atoms with Crippen molar-refractivity contribution >= 4 is 39.1 Å². The maximum Gasteiger partial charge on any atom is 0.269 e. The average Bonchev–Trinajstić information content (AvgIpc) is 2.46. The third-order valence-corrected chi connectivity index (χ3v) is 2.71. The van der Waals surface area contributed by atoms with Crippen LogP contribution in [0.25, 0.3) is 10.1 Å². The molecule has 0 aliphatic carbocycles. The summed E-state index contributed by atoms with van der Waals surface area (Å²) >= 11 is 6.99. The minimum Gasteiger partial charge on any atom is -0.364 e. The monoisotopic (exact) mass is 212 g/mol. The van der Waals surface area contributed by atoms with Gasteiger partial charge in [-0.25, -0.2) is 0 Å². The average molecular weight is 213 g/mol. The molecule has 0 aliphatic heterocycles. The number of nitrogens with two attached hydrogens (primary N) is 1. The van der Waals surface area contributed by atoms with Crippen LogP contribution >= 0.6 is 23.1 Å². The summed E-state index contributed by atoms with van der Waals surface area (Å²) in [7, 11) is 0. The van der Waals surface area contributed by atoms with Crippen molar-refractivity contribution in [2.24, 2.45) is 5.73 Å². The Morgan fingerprint density at radius 1 is 1.54 bits per heavy atom. The summed E-state index contributed by atoms with van der Waals surface area (Å²) in [5.41, 5.74) is 5.45. The Balaban J connectivity index is 2.76. The Morgan fingerprint density at radius 2 is 2.31 bits per heavy atom. The van der Waals surface area contributed by atoms with Crippen LogP contribution < -0.4 is 5.73 Å². The van der Waals surface area contributed by atoms with E-state index in [1.807, 2.05) is 0 Å². The molecule has 1 amide bonds. The van der Waals surface area contributed by atoms with Crippen molar-refractivity contribution in [2.45, 2.75) is 0 Å². The first kappa shape index (κ1) is 8.47. The summed E-state index contributed by atoms with van der Waals surface area (Å²) in [4.78, 5) is 10.9. The van der Waals surface area contributed by atoms with E-state index in [0.717, 1.165) is 10.1 Å². The summed E-state index contributed by atoms with van der Waals surface area (Å²) in [6.45, 7) is 0. The quantitative estimate of drug-likeness (QED) is 0.787. The number of benzene rings is 1. The first-order valence-corrected chi connectivity index (χ1v) is 4.68. The van der Waals surface area contributed by atoms with Crippen LogP contribution in [0.15, 0.2) is 18.2 Å². The molecule has 13 heavy (non-hydrogen) atoms. The fourth-order valence-corrected chi connectivity index (χ4v) is 2.15. The lowest BCUT2D eigenvalue weighted by molar-refractivity contribution is 0.0998. The number of primary amides is 1. The largest absolute Gasteiger partial charge is 0.364 e. The maximum absolute atomic E-state index is 10.9. The number of aromatic nitrogens is 1. The van der Waals surface area contributed by atoms with E-state index in [2.05, 4.69) is 4.37 Å². The van der Waals surface area contributed by atoms with Gasteiger partial charge in [0.15, 0.2) is 0 Å². The van der Waals surface area contributed by atoms with E-state index < -0.39 is 5.91 Å². The lowest BCUT2D eigenvalue weighted by Gasteiger charge is -1.91. The normalized spacial score (nSPS) is 10.5. The number of carbonyl (C=O) groups excluding carboxylic acids is 1. The molecule has 2 N–H and O–H groups in total. The van der Waals surface area contributed by atoms with Gasteiger partial charge in [0.2, 0.25) is 0 Å². The summed E-state index contributed by atoms with van der Waals surface area (Å²) in [5.74, 6) is -0.506. The second-order valence-electron chi connectivity index (χ2n) is 2.54. The standard InChI is InChI=1S/C8H5ClN2OS/c9-4-1-2-5-6(3-4)13-11-7(5)8(10)12/h1-3H,(H2,10,12). The minimum atomic E-state index is -0.506. The van der Waals surface area contributed by atoms with Gasteiger partial charge >= 0.3 is 0 Å². The highest BCUT2D eigenvalue weighted by molar-refractivity contribution is 7.13. The number of hydrogen-bond acceptors (Lipinski definition) is 3. The maximum atomic E-state index is 10.9. The predicted molar refractivity (Wildman–Crippen MR) is 53.1 cm³/mol. The van der Waals surface area contributed by atoms with Crippen molar-refractivity contribution in [1.82, 2.24) is 4.37 Å². The lowest BCUT2D eigenvalue weighted by Crippen LogP contribution is -2.11. The van der Waals surface area contributed by atoms with E-state index in [0.29, 0.717) is 10.7 Å². The van der Waals surface area contributed by atoms with Crippen molar-refractivity contribution in [3.63, 3.8) is 0 Å². The van der Waals surface area contributed by atoms with Crippen LogP contribution in [0.2, 0.25) is 5.02 Å². The van der Waals surface area contributed by atoms with Crippen molar-refractivity contribution in [3.8, 4) is 0 Å². The second-order valence-corrected chi connectivity index (χ2v) is 3.78. The molecule has 5 heteroatoms. The van der Waals surface area contributed by atoms with Crippen LogP contribution in [-0.4, -0.2) is 10.3 Å². The van der Waals surface area contributed by atoms with E-state index in [1.54, 1.807) is 18.2 Å². The van der Waals surface area contributed by atoms with E-state index in [1.165, 1.54) is 11.5 Å². The molecule has 0 radical (unpaired) electrons. The SMILES string of the molecule is NC(=O)c1nsc2cc(Cl)ccc12. The topological polar surface area (TPSA) is 56.0 Å². The van der Waals surface area contributed by atoms with Gasteiger partial charge in [0, 0.05) is 10.4 Å². The second kappa shape index (κ2) is 2.97. The Labute approximate surface area is 83.3 Å². The van der Waals surface area contributed by atoms with Gasteiger partial charge in [0.05, 0.1) is 4.70 Å². The summed E-state index contributed by atoms with van der Waals surface area (Å²) in [5, 5.41) is 1.40. The van der Waals surface area contributed by atoms with Crippen LogP contribution in [-0.2, 0) is 0 Å². The van der Waals surface area contributed by atoms with E-state index in [4.69, 9.17) is 17.3 Å². The summed E-state index contributed by atoms with van der Waals surface area (Å²) in [6.07, 6.45) is 0. The van der Waals surface area contributed by atoms with E-state index >= 15 is 0 Å². The fourth-order valence-electron chi connectivity index (χ4n) is 1.09. The van der Waals surface area contributed by atoms with Crippen molar-refractivity contribution in [1.29, 1.82) is 0 Å². The zero-order valence-electron chi connectivity index (χ0n) is 6.45. The van der Waals surface area contributed by atoms with Crippen molar-refractivity contribution < 1.29 is 4.79 Å². The predicted octanol–water partition coefficient (Wildman–Crippen LogP) is 2.05. The molecule has 66 valence electrons. The Hall–Kier alpha value is -1.13. The highest BCUT2D eigenvalue weighted by atomic mass is 35.5. The van der Waals surface area contributed by atoms with Crippen LogP contribution in [0.1, 0.15) is 10.5 Å². The van der Waals surface area contributed by atoms with Crippen molar-refractivity contribution in [2.75, 3.05) is 0 Å². The molecule has 0 unspecified atom stereocenters. The van der Waals surface area contributed by atoms with Gasteiger partial charge in [-0.3, -0.25) is 4.79 Å². The Morgan fingerprint density at radius 3 is 3.00 bits per heavy atom. The molecule has 3 nitrogen and oxygen atoms in total. The van der Waals surface area contributed by atoms with Gasteiger partial charge in [0.1, 0.15) is 5.69 Å². The molecule has 2 aromatic rings. The molecule has 1 aromatic carbocycles. The number of rotatable bonds is 1. The number of fused-ring (bicyclic) bond motifs is 1. The zero-order valence-corrected chi connectivity index (χ0v) is 8.02. The molecule has 0 aliphatic rings. The summed E-state index contributed by atoms with van der Waals surface area (Å²) < 4.78 is 4.82. The number of hydrogen-bond donors (Lipinski definition) is 1. The van der Waals surface area contributed by atoms with Gasteiger partial charge < -0.3 is 5.73 Å². The molecule has 0 atom stereocenters. The number of amides is 1. The third-order valence-electron chi connectivity index (χ3n) is 1.67. The summed E-state index contributed by atoms with van der Waals surface area (Å²) in [6, 6.07) is 5.23. The first-order valence-electron chi connectivity index (χ1n) is 3.53. The highest BCUT2D eigenvalue weighted by Gasteiger charge is 2.10. The molecule has 0 saturated heterocycles. The molecule has 0 saturated carbocycles. The van der Waals surface area contributed by atoms with Crippen LogP contribution in [0.5, 0.6) is 0 Å².